The summed E-state index contributed by atoms with van der Waals surface area (Å²) < 4.78 is 73.0. The van der Waals surface area contributed by atoms with Crippen LogP contribution in [0.5, 0.6) is 0 Å². The van der Waals surface area contributed by atoms with Crippen molar-refractivity contribution in [2.75, 3.05) is 46.2 Å². The van der Waals surface area contributed by atoms with Gasteiger partial charge >= 0.3 is 6.29 Å². The molecule has 4 amide bonds. The van der Waals surface area contributed by atoms with Crippen LogP contribution in [-0.4, -0.2) is 382 Å². The molecule has 91 heavy (non-hydrogen) atoms. The van der Waals surface area contributed by atoms with E-state index in [0.29, 0.717) is 0 Å². The third kappa shape index (κ3) is 16.5. The lowest BCUT2D eigenvalue weighted by molar-refractivity contribution is -0.407. The number of nitrogens with two attached hydrogens (primary N) is 1. The van der Waals surface area contributed by atoms with Crippen molar-refractivity contribution in [2.45, 2.75) is 242 Å². The minimum absolute atomic E-state index is 0.770. The van der Waals surface area contributed by atoms with E-state index in [-0.39, 0.29) is 0 Å². The van der Waals surface area contributed by atoms with Crippen LogP contribution in [0.1, 0.15) is 27.7 Å². The Bertz CT molecular complexity index is 2350. The molecular formula is C50H86N5O36+. The summed E-state index contributed by atoms with van der Waals surface area (Å²) in [5, 5.41) is 219. The van der Waals surface area contributed by atoms with Crippen molar-refractivity contribution >= 4 is 23.6 Å². The van der Waals surface area contributed by atoms with Gasteiger partial charge in [-0.2, -0.15) is 0 Å². The number of rotatable bonds is 23. The highest BCUT2D eigenvalue weighted by Crippen LogP contribution is 2.38. The summed E-state index contributed by atoms with van der Waals surface area (Å²) in [6.45, 7) is -3.21. The van der Waals surface area contributed by atoms with Gasteiger partial charge < -0.3 is 175 Å². The van der Waals surface area contributed by atoms with Crippen molar-refractivity contribution in [3.63, 3.8) is 0 Å². The monoisotopic (exact) mass is 1330 g/mol. The molecule has 7 aliphatic rings. The molecule has 0 spiro atoms. The van der Waals surface area contributed by atoms with Gasteiger partial charge in [0.2, 0.25) is 29.7 Å². The standard InChI is InChI=1S/C50H85N5O36/c1-12(62)52-23-34(73)40(22(10-61)91(51)44(23)78)87-47-26(55-15(4)65)35(74)39(20(9-60)84-47)86-48-38(77)41(88-50-43(37(76)30(69)19(8-59)83-50)90-46-25(54-14(3)64)33(72)28(67)17(6-57)81-46)31(70)21(85-48)11-79-49-42(36(75)29(68)18(7-58)82-49)89-45-24(53-13(2)63)32(71)27(66)16(5-56)80-45/h16-50,56-61,66-78H,5-11,51H2,1-4H3,(H3-,52,53,54,55,62,63,64,65)/p+1/t16-,17-,18-,19-,20-,21-,22-,23-,24-,25-,26-,27-,28-,29-,30-,31-,32-,33-,34-,35-,36+,37+,38+,39-,40-,41+,42+,43+,44-,45+,46+,47+,48+,49+,50-/m1/s1. The number of amides is 4. The zero-order valence-corrected chi connectivity index (χ0v) is 49.2. The number of hydrogen-bond acceptors (Lipinski definition) is 36. The van der Waals surface area contributed by atoms with E-state index in [4.69, 9.17) is 62.7 Å². The molecule has 0 radical (unpaired) electrons. The summed E-state index contributed by atoms with van der Waals surface area (Å²) in [7, 11) is 0. The van der Waals surface area contributed by atoms with Gasteiger partial charge in [0.25, 0.3) is 0 Å². The van der Waals surface area contributed by atoms with Crippen LogP contribution in [0.3, 0.4) is 0 Å². The third-order valence-electron chi connectivity index (χ3n) is 16.5. The second-order valence-electron chi connectivity index (χ2n) is 22.8. The quantitative estimate of drug-likeness (QED) is 0.0422. The van der Waals surface area contributed by atoms with Crippen LogP contribution in [0.15, 0.2) is 0 Å². The summed E-state index contributed by atoms with van der Waals surface area (Å²) in [6.07, 6.45) is -62.1. The maximum atomic E-state index is 12.9. The minimum Gasteiger partial charge on any atom is -0.394 e. The molecule has 0 aromatic carbocycles. The van der Waals surface area contributed by atoms with E-state index < -0.39 is 285 Å². The Balaban J connectivity index is 1.25. The first kappa shape index (κ1) is 74.9. The molecule has 41 nitrogen and oxygen atoms in total. The molecule has 0 saturated carbocycles. The van der Waals surface area contributed by atoms with Gasteiger partial charge in [0.1, 0.15) is 159 Å². The second-order valence-corrected chi connectivity index (χ2v) is 22.8. The van der Waals surface area contributed by atoms with Crippen molar-refractivity contribution < 1.29 is 178 Å². The van der Waals surface area contributed by atoms with Crippen LogP contribution in [0, 0.1) is 0 Å². The summed E-state index contributed by atoms with van der Waals surface area (Å²) in [5.41, 5.74) is 0. The summed E-state index contributed by atoms with van der Waals surface area (Å²) in [6, 6.07) is -6.91. The molecule has 7 saturated heterocycles. The van der Waals surface area contributed by atoms with Crippen LogP contribution < -0.4 is 27.2 Å². The number of aliphatic hydroxyl groups is 19. The highest BCUT2D eigenvalue weighted by atomic mass is 16.9. The summed E-state index contributed by atoms with van der Waals surface area (Å²) in [4.78, 5) is 49.6. The molecule has 0 aromatic heterocycles. The average Bonchev–Trinajstić information content (AvgIpc) is 0.795. The van der Waals surface area contributed by atoms with E-state index in [2.05, 4.69) is 21.3 Å². The number of carbonyl (C=O) groups is 4. The predicted molar refractivity (Wildman–Crippen MR) is 282 cm³/mol. The molecule has 25 N–H and O–H groups in total. The molecule has 7 fully saturated rings. The molecule has 7 heterocycles. The van der Waals surface area contributed by atoms with Gasteiger partial charge in [0.15, 0.2) is 49.9 Å². The number of hydrogen-bond donors (Lipinski definition) is 24. The van der Waals surface area contributed by atoms with Gasteiger partial charge in [-0.15, -0.1) is 0 Å². The van der Waals surface area contributed by atoms with Crippen molar-refractivity contribution in [2.24, 2.45) is 5.90 Å². The second kappa shape index (κ2) is 32.5. The molecule has 35 atom stereocenters. The van der Waals surface area contributed by atoms with Gasteiger partial charge in [0, 0.05) is 27.7 Å². The van der Waals surface area contributed by atoms with Crippen molar-refractivity contribution in [3.05, 3.63) is 0 Å². The molecule has 7 aliphatic heterocycles. The van der Waals surface area contributed by atoms with E-state index >= 15 is 0 Å². The molecule has 0 aliphatic carbocycles. The number of ether oxygens (including phenoxy) is 12. The molecule has 0 aromatic rings. The maximum Gasteiger partial charge on any atom is 0.309 e. The Labute approximate surface area is 516 Å². The lowest BCUT2D eigenvalue weighted by Gasteiger charge is -2.51. The molecule has 0 bridgehead atoms. The largest absolute Gasteiger partial charge is 0.394 e. The topological polar surface area (TPSA) is 640 Å². The van der Waals surface area contributed by atoms with Crippen molar-refractivity contribution in [1.82, 2.24) is 21.3 Å². The van der Waals surface area contributed by atoms with E-state index in [1.165, 1.54) is 0 Å². The number of carbonyl (C=O) groups excluding carboxylic acids is 4. The Hall–Kier alpha value is -3.44. The van der Waals surface area contributed by atoms with Gasteiger partial charge in [-0.1, -0.05) is 5.90 Å². The first-order valence-corrected chi connectivity index (χ1v) is 28.8. The van der Waals surface area contributed by atoms with Crippen LogP contribution in [0.4, 0.5) is 0 Å². The minimum atomic E-state index is -2.46. The zero-order chi connectivity index (χ0) is 67.4. The molecule has 0 unspecified atom stereocenters. The van der Waals surface area contributed by atoms with Crippen LogP contribution in [-0.2, 0) is 80.5 Å². The van der Waals surface area contributed by atoms with Crippen LogP contribution in [0.2, 0.25) is 0 Å². The van der Waals surface area contributed by atoms with Crippen molar-refractivity contribution in [3.8, 4) is 0 Å². The first-order valence-electron chi connectivity index (χ1n) is 28.8. The first-order chi connectivity index (χ1) is 43.0. The summed E-state index contributed by atoms with van der Waals surface area (Å²) in [5.74, 6) is 2.68. The van der Waals surface area contributed by atoms with Crippen LogP contribution >= 0.6 is 0 Å². The van der Waals surface area contributed by atoms with Crippen molar-refractivity contribution in [1.29, 1.82) is 0 Å². The molecule has 526 valence electrons. The lowest BCUT2D eigenvalue weighted by atomic mass is 9.93. The average molecular weight is 1330 g/mol. The Kier molecular flexibility index (Phi) is 26.8. The van der Waals surface area contributed by atoms with Gasteiger partial charge in [-0.25, -0.2) is 0 Å². The zero-order valence-electron chi connectivity index (χ0n) is 49.2. The highest BCUT2D eigenvalue weighted by Gasteiger charge is 2.61. The molecule has 41 heteroatoms. The van der Waals surface area contributed by atoms with E-state index in [9.17, 15) is 116 Å². The third-order valence-corrected chi connectivity index (χ3v) is 16.5. The Morgan fingerprint density at radius 3 is 1.10 bits per heavy atom. The fraction of sp³-hybridized carbons (Fsp3) is 0.920. The fourth-order valence-corrected chi connectivity index (χ4v) is 11.7. The van der Waals surface area contributed by atoms with Gasteiger partial charge in [-0.3, -0.25) is 23.6 Å². The lowest BCUT2D eigenvalue weighted by Crippen LogP contribution is -2.72. The van der Waals surface area contributed by atoms with E-state index in [1.54, 1.807) is 4.47 Å². The Morgan fingerprint density at radius 1 is 0.341 bits per heavy atom. The highest BCUT2D eigenvalue weighted by molar-refractivity contribution is 5.74. The number of nitrogens with one attached hydrogen (secondary N) is 4. The van der Waals surface area contributed by atoms with E-state index in [0.717, 1.165) is 27.7 Å². The maximum absolute atomic E-state index is 12.9. The number of aliphatic hydroxyl groups excluding tert-OH is 19. The smallest absolute Gasteiger partial charge is 0.309 e. The van der Waals surface area contributed by atoms with E-state index in [1.807, 2.05) is 0 Å². The predicted octanol–water partition coefficient (Wildman–Crippen LogP) is -16.3. The SMILES string of the molecule is CC(=O)N[C@@H]1[C@@H](O)[C@H](O[C@@H]2O[C@H](CO)[C@@H](O[C@@H]3O[C@H](CO[C@H]4O[C@H](CO)[C@@H](O)[C@H](O)[C@@H]4O[C@@H]4O[C@H](CO)[C@@H](O)[C@H](O)[C@H]4NC(C)=O)[C@@H](O)[C@H](O[C@H]4O[C@H](CO)[C@@H](O)[C@H](O)[C@@H]4O[C@@H]4O[C@H](CO)[C@@H](O)[C@H](O)[C@H]4NC(C)=O)[C@@H]3O)[C@H](O)[C@H]2NC(C)=O)[C@@H](CO)[O+](N)[C@H]1O. The fourth-order valence-electron chi connectivity index (χ4n) is 11.7. The van der Waals surface area contributed by atoms with Crippen LogP contribution in [0.25, 0.3) is 0 Å². The summed E-state index contributed by atoms with van der Waals surface area (Å²) >= 11 is 0. The van der Waals surface area contributed by atoms with Gasteiger partial charge in [0.05, 0.1) is 39.6 Å². The Morgan fingerprint density at radius 2 is 0.670 bits per heavy atom. The molecule has 7 rings (SSSR count). The normalized spacial score (nSPS) is 47.5. The van der Waals surface area contributed by atoms with Gasteiger partial charge in [-0.05, 0) is 0 Å². The molecular weight excluding hydrogens is 1250 g/mol.